The van der Waals surface area contributed by atoms with Crippen LogP contribution >= 0.6 is 11.8 Å². The first-order chi connectivity index (χ1) is 10.0. The Balaban J connectivity index is 2.01. The van der Waals surface area contributed by atoms with Crippen LogP contribution in [0.5, 0.6) is 0 Å². The summed E-state index contributed by atoms with van der Waals surface area (Å²) in [5.41, 5.74) is 8.71. The minimum atomic E-state index is -0.0643. The van der Waals surface area contributed by atoms with Gasteiger partial charge in [-0.15, -0.1) is 10.2 Å². The van der Waals surface area contributed by atoms with E-state index in [1.807, 2.05) is 25.1 Å². The van der Waals surface area contributed by atoms with Crippen molar-refractivity contribution < 1.29 is 4.79 Å². The first kappa shape index (κ1) is 15.4. The molecule has 1 amide bonds. The van der Waals surface area contributed by atoms with Crippen LogP contribution in [0.1, 0.15) is 18.1 Å². The van der Waals surface area contributed by atoms with Crippen LogP contribution < -0.4 is 11.1 Å². The summed E-state index contributed by atoms with van der Waals surface area (Å²) in [6.07, 6.45) is 0.879. The van der Waals surface area contributed by atoms with Gasteiger partial charge in [-0.25, -0.2) is 0 Å². The van der Waals surface area contributed by atoms with Crippen LogP contribution in [0.15, 0.2) is 23.4 Å². The lowest BCUT2D eigenvalue weighted by Gasteiger charge is -2.12. The SMILES string of the molecule is CCc1cccc(C)c1NC(=O)CSc1nnc(N)n1C. The maximum Gasteiger partial charge on any atom is 0.234 e. The number of nitrogens with one attached hydrogen (secondary N) is 1. The summed E-state index contributed by atoms with van der Waals surface area (Å²) in [4.78, 5) is 12.1. The maximum absolute atomic E-state index is 12.1. The predicted octanol–water partition coefficient (Wildman–Crippen LogP) is 2.00. The fourth-order valence-electron chi connectivity index (χ4n) is 1.96. The molecule has 0 saturated heterocycles. The summed E-state index contributed by atoms with van der Waals surface area (Å²) < 4.78 is 1.66. The highest BCUT2D eigenvalue weighted by atomic mass is 32.2. The Morgan fingerprint density at radius 3 is 2.81 bits per heavy atom. The number of aromatic nitrogens is 3. The van der Waals surface area contributed by atoms with E-state index in [-0.39, 0.29) is 11.7 Å². The van der Waals surface area contributed by atoms with E-state index in [1.165, 1.54) is 11.8 Å². The Morgan fingerprint density at radius 1 is 1.43 bits per heavy atom. The van der Waals surface area contributed by atoms with Crippen molar-refractivity contribution in [2.75, 3.05) is 16.8 Å². The Bertz CT molecular complexity index is 653. The van der Waals surface area contributed by atoms with Crippen molar-refractivity contribution in [3.05, 3.63) is 29.3 Å². The summed E-state index contributed by atoms with van der Waals surface area (Å²) in [6.45, 7) is 4.06. The Kier molecular flexibility index (Phi) is 4.85. The predicted molar refractivity (Wildman–Crippen MR) is 85.3 cm³/mol. The van der Waals surface area contributed by atoms with Crippen LogP contribution in [0.4, 0.5) is 11.6 Å². The van der Waals surface area contributed by atoms with Gasteiger partial charge in [0.2, 0.25) is 11.9 Å². The molecular weight excluding hydrogens is 286 g/mol. The minimum Gasteiger partial charge on any atom is -0.368 e. The molecule has 0 saturated carbocycles. The average molecular weight is 305 g/mol. The van der Waals surface area contributed by atoms with Gasteiger partial charge >= 0.3 is 0 Å². The number of hydrogen-bond donors (Lipinski definition) is 2. The smallest absolute Gasteiger partial charge is 0.234 e. The third-order valence-corrected chi connectivity index (χ3v) is 4.23. The number of benzene rings is 1. The lowest BCUT2D eigenvalue weighted by atomic mass is 10.1. The van der Waals surface area contributed by atoms with E-state index in [1.54, 1.807) is 11.6 Å². The van der Waals surface area contributed by atoms with E-state index in [0.29, 0.717) is 11.1 Å². The Labute approximate surface area is 128 Å². The zero-order valence-electron chi connectivity index (χ0n) is 12.4. The molecule has 0 bridgehead atoms. The van der Waals surface area contributed by atoms with Gasteiger partial charge in [-0.05, 0) is 24.5 Å². The molecule has 2 rings (SSSR count). The van der Waals surface area contributed by atoms with Crippen molar-refractivity contribution in [3.63, 3.8) is 0 Å². The summed E-state index contributed by atoms with van der Waals surface area (Å²) in [5, 5.41) is 11.3. The minimum absolute atomic E-state index is 0.0643. The molecule has 0 unspecified atom stereocenters. The van der Waals surface area contributed by atoms with Crippen LogP contribution in [-0.2, 0) is 18.3 Å². The molecule has 0 fully saturated rings. The highest BCUT2D eigenvalue weighted by molar-refractivity contribution is 7.99. The molecule has 1 aromatic heterocycles. The van der Waals surface area contributed by atoms with E-state index >= 15 is 0 Å². The highest BCUT2D eigenvalue weighted by Gasteiger charge is 2.12. The zero-order valence-corrected chi connectivity index (χ0v) is 13.2. The average Bonchev–Trinajstić information content (AvgIpc) is 2.79. The summed E-state index contributed by atoms with van der Waals surface area (Å²) in [6, 6.07) is 6.02. The molecule has 0 aliphatic heterocycles. The van der Waals surface area contributed by atoms with E-state index in [0.717, 1.165) is 23.2 Å². The molecule has 0 spiro atoms. The number of hydrogen-bond acceptors (Lipinski definition) is 5. The molecule has 3 N–H and O–H groups in total. The van der Waals surface area contributed by atoms with Gasteiger partial charge in [0.1, 0.15) is 0 Å². The largest absolute Gasteiger partial charge is 0.368 e. The summed E-state index contributed by atoms with van der Waals surface area (Å²) in [7, 11) is 1.77. The van der Waals surface area contributed by atoms with Crippen molar-refractivity contribution in [1.29, 1.82) is 0 Å². The monoisotopic (exact) mass is 305 g/mol. The Morgan fingerprint density at radius 2 is 2.19 bits per heavy atom. The fraction of sp³-hybridized carbons (Fsp3) is 0.357. The lowest BCUT2D eigenvalue weighted by molar-refractivity contribution is -0.113. The van der Waals surface area contributed by atoms with Crippen molar-refractivity contribution in [2.45, 2.75) is 25.4 Å². The Hall–Kier alpha value is -2.02. The third kappa shape index (κ3) is 3.55. The molecule has 7 heteroatoms. The van der Waals surface area contributed by atoms with Crippen LogP contribution in [0.3, 0.4) is 0 Å². The molecule has 0 radical (unpaired) electrons. The van der Waals surface area contributed by atoms with Gasteiger partial charge in [0.05, 0.1) is 5.75 Å². The normalized spacial score (nSPS) is 10.6. The molecule has 21 heavy (non-hydrogen) atoms. The van der Waals surface area contributed by atoms with Crippen molar-refractivity contribution >= 4 is 29.3 Å². The molecule has 112 valence electrons. The summed E-state index contributed by atoms with van der Waals surface area (Å²) >= 11 is 1.31. The molecule has 1 heterocycles. The number of rotatable bonds is 5. The number of para-hydroxylation sites is 1. The van der Waals surface area contributed by atoms with Gasteiger partial charge in [0.15, 0.2) is 5.16 Å². The van der Waals surface area contributed by atoms with Gasteiger partial charge in [-0.2, -0.15) is 0 Å². The van der Waals surface area contributed by atoms with Gasteiger partial charge in [0, 0.05) is 12.7 Å². The zero-order chi connectivity index (χ0) is 15.4. The summed E-state index contributed by atoms with van der Waals surface area (Å²) in [5.74, 6) is 0.541. The van der Waals surface area contributed by atoms with Crippen LogP contribution in [0, 0.1) is 6.92 Å². The second-order valence-electron chi connectivity index (χ2n) is 4.70. The lowest BCUT2D eigenvalue weighted by Crippen LogP contribution is -2.16. The number of anilines is 2. The van der Waals surface area contributed by atoms with Gasteiger partial charge in [-0.3, -0.25) is 9.36 Å². The van der Waals surface area contributed by atoms with Gasteiger partial charge < -0.3 is 11.1 Å². The number of carbonyl (C=O) groups is 1. The van der Waals surface area contributed by atoms with E-state index < -0.39 is 0 Å². The number of nitrogens with zero attached hydrogens (tertiary/aromatic N) is 3. The van der Waals surface area contributed by atoms with Crippen molar-refractivity contribution in [1.82, 2.24) is 14.8 Å². The maximum atomic E-state index is 12.1. The quantitative estimate of drug-likeness (QED) is 0.825. The highest BCUT2D eigenvalue weighted by Crippen LogP contribution is 2.22. The molecular formula is C14H19N5OS. The molecule has 6 nitrogen and oxygen atoms in total. The molecule has 0 aliphatic carbocycles. The number of nitrogens with two attached hydrogens (primary N) is 1. The third-order valence-electron chi connectivity index (χ3n) is 3.21. The first-order valence-corrected chi connectivity index (χ1v) is 7.67. The molecule has 1 aromatic carbocycles. The van der Waals surface area contributed by atoms with Crippen LogP contribution in [0.2, 0.25) is 0 Å². The second-order valence-corrected chi connectivity index (χ2v) is 5.64. The van der Waals surface area contributed by atoms with Crippen LogP contribution in [0.25, 0.3) is 0 Å². The number of thioether (sulfide) groups is 1. The fourth-order valence-corrected chi connectivity index (χ4v) is 2.68. The molecule has 2 aromatic rings. The van der Waals surface area contributed by atoms with Crippen LogP contribution in [-0.4, -0.2) is 26.4 Å². The number of nitrogen functional groups attached to an aromatic ring is 1. The van der Waals surface area contributed by atoms with Gasteiger partial charge in [-0.1, -0.05) is 36.9 Å². The van der Waals surface area contributed by atoms with Crippen molar-refractivity contribution in [3.8, 4) is 0 Å². The van der Waals surface area contributed by atoms with Gasteiger partial charge in [0.25, 0.3) is 0 Å². The number of aryl methyl sites for hydroxylation is 2. The second kappa shape index (κ2) is 6.62. The molecule has 0 atom stereocenters. The number of carbonyl (C=O) groups excluding carboxylic acids is 1. The van der Waals surface area contributed by atoms with E-state index in [9.17, 15) is 4.79 Å². The first-order valence-electron chi connectivity index (χ1n) is 6.69. The van der Waals surface area contributed by atoms with E-state index in [2.05, 4.69) is 22.4 Å². The standard InChI is InChI=1S/C14H19N5OS/c1-4-10-7-5-6-9(2)12(10)16-11(20)8-21-14-18-17-13(15)19(14)3/h5-7H,4,8H2,1-3H3,(H2,15,17)(H,16,20). The van der Waals surface area contributed by atoms with Crippen molar-refractivity contribution in [2.24, 2.45) is 7.05 Å². The number of amides is 1. The molecule has 0 aliphatic rings. The topological polar surface area (TPSA) is 85.8 Å². The van der Waals surface area contributed by atoms with E-state index in [4.69, 9.17) is 5.73 Å².